The fourth-order valence-electron chi connectivity index (χ4n) is 2.14. The molecule has 0 radical (unpaired) electrons. The number of ether oxygens (including phenoxy) is 1. The molecular weight excluding hydrogens is 278 g/mol. The van der Waals surface area contributed by atoms with Crippen molar-refractivity contribution in [2.45, 2.75) is 19.8 Å². The molecule has 1 saturated carbocycles. The summed E-state index contributed by atoms with van der Waals surface area (Å²) in [6.45, 7) is 9.43. The molecule has 5 heteroatoms. The first-order valence-corrected chi connectivity index (χ1v) is 7.12. The Morgan fingerprint density at radius 2 is 1.95 bits per heavy atom. The minimum atomic E-state index is -0.357. The van der Waals surface area contributed by atoms with Crippen molar-refractivity contribution in [2.75, 3.05) is 0 Å². The van der Waals surface area contributed by atoms with Gasteiger partial charge >= 0.3 is 0 Å². The zero-order valence-corrected chi connectivity index (χ0v) is 12.4. The maximum absolute atomic E-state index is 12.2. The summed E-state index contributed by atoms with van der Waals surface area (Å²) in [5.41, 5.74) is 1.19. The molecule has 2 aromatic rings. The number of carbonyl (C=O) groups is 1. The molecule has 1 N–H and O–H groups in total. The number of aromatic nitrogens is 2. The standard InChI is InChI=1S/C17H17N3O2/c1-10-6-14-7-16(19-9-15(14)8-18-10)17(21)20-12(3)22-11(2)13-4-5-13/h6-9,13H,2-5H2,1H3,(H,20,21). The van der Waals surface area contributed by atoms with Gasteiger partial charge in [0, 0.05) is 29.4 Å². The number of fused-ring (bicyclic) bond motifs is 1. The maximum atomic E-state index is 12.2. The fraction of sp³-hybridized carbons (Fsp3) is 0.235. The molecule has 22 heavy (non-hydrogen) atoms. The highest BCUT2D eigenvalue weighted by Gasteiger charge is 2.26. The van der Waals surface area contributed by atoms with E-state index in [-0.39, 0.29) is 11.8 Å². The van der Waals surface area contributed by atoms with Crippen LogP contribution in [0.15, 0.2) is 49.3 Å². The highest BCUT2D eigenvalue weighted by molar-refractivity contribution is 5.96. The van der Waals surface area contributed by atoms with Gasteiger partial charge in [0.15, 0.2) is 5.88 Å². The minimum absolute atomic E-state index is 0.176. The largest absolute Gasteiger partial charge is 0.446 e. The number of hydrogen-bond acceptors (Lipinski definition) is 4. The number of amides is 1. The van der Waals surface area contributed by atoms with Gasteiger partial charge in [-0.1, -0.05) is 6.58 Å². The molecule has 0 atom stereocenters. The molecule has 1 fully saturated rings. The van der Waals surface area contributed by atoms with Crippen LogP contribution in [0.1, 0.15) is 29.0 Å². The zero-order chi connectivity index (χ0) is 15.7. The molecule has 0 unspecified atom stereocenters. The van der Waals surface area contributed by atoms with Crippen molar-refractivity contribution in [3.63, 3.8) is 0 Å². The summed E-state index contributed by atoms with van der Waals surface area (Å²) in [5, 5.41) is 4.40. The van der Waals surface area contributed by atoms with Crippen LogP contribution in [0.4, 0.5) is 0 Å². The van der Waals surface area contributed by atoms with Crippen LogP contribution in [0, 0.1) is 12.8 Å². The van der Waals surface area contributed by atoms with Crippen LogP contribution in [0.2, 0.25) is 0 Å². The van der Waals surface area contributed by atoms with Gasteiger partial charge in [0.25, 0.3) is 5.91 Å². The third-order valence-corrected chi connectivity index (χ3v) is 3.51. The molecule has 112 valence electrons. The summed E-state index contributed by atoms with van der Waals surface area (Å²) in [6, 6.07) is 3.64. The van der Waals surface area contributed by atoms with Crippen molar-refractivity contribution in [3.05, 3.63) is 60.7 Å². The van der Waals surface area contributed by atoms with Crippen molar-refractivity contribution in [3.8, 4) is 0 Å². The lowest BCUT2D eigenvalue weighted by Gasteiger charge is -2.11. The van der Waals surface area contributed by atoms with Gasteiger partial charge < -0.3 is 4.74 Å². The number of nitrogens with zero attached hydrogens (tertiary/aromatic N) is 2. The Balaban J connectivity index is 1.71. The minimum Gasteiger partial charge on any atom is -0.446 e. The second-order valence-corrected chi connectivity index (χ2v) is 5.46. The quantitative estimate of drug-likeness (QED) is 0.861. The molecule has 1 aliphatic rings. The first-order chi connectivity index (χ1) is 10.5. The third kappa shape index (κ3) is 3.14. The van der Waals surface area contributed by atoms with Gasteiger partial charge in [-0.2, -0.15) is 0 Å². The highest BCUT2D eigenvalue weighted by Crippen LogP contribution is 2.36. The summed E-state index contributed by atoms with van der Waals surface area (Å²) in [7, 11) is 0. The van der Waals surface area contributed by atoms with E-state index in [9.17, 15) is 4.79 Å². The molecule has 0 bridgehead atoms. The fourth-order valence-corrected chi connectivity index (χ4v) is 2.14. The van der Waals surface area contributed by atoms with Gasteiger partial charge in [-0.05, 0) is 43.9 Å². The molecule has 3 rings (SSSR count). The van der Waals surface area contributed by atoms with E-state index in [1.807, 2.05) is 13.0 Å². The molecule has 0 aromatic carbocycles. The van der Waals surface area contributed by atoms with Crippen molar-refractivity contribution in [2.24, 2.45) is 5.92 Å². The predicted molar refractivity (Wildman–Crippen MR) is 83.8 cm³/mol. The first kappa shape index (κ1) is 14.3. The number of nitrogens with one attached hydrogen (secondary N) is 1. The summed E-state index contributed by atoms with van der Waals surface area (Å²) in [5.74, 6) is 0.862. The van der Waals surface area contributed by atoms with E-state index in [4.69, 9.17) is 4.74 Å². The van der Waals surface area contributed by atoms with Crippen molar-refractivity contribution < 1.29 is 9.53 Å². The van der Waals surface area contributed by atoms with Crippen molar-refractivity contribution >= 4 is 16.7 Å². The van der Waals surface area contributed by atoms with Crippen LogP contribution in [-0.2, 0) is 4.74 Å². The van der Waals surface area contributed by atoms with Gasteiger partial charge in [0.1, 0.15) is 11.5 Å². The average molecular weight is 295 g/mol. The van der Waals surface area contributed by atoms with E-state index >= 15 is 0 Å². The van der Waals surface area contributed by atoms with E-state index in [0.29, 0.717) is 17.4 Å². The van der Waals surface area contributed by atoms with Crippen molar-refractivity contribution in [1.82, 2.24) is 15.3 Å². The smallest absolute Gasteiger partial charge is 0.276 e. The van der Waals surface area contributed by atoms with Gasteiger partial charge in [0.05, 0.1) is 0 Å². The Kier molecular flexibility index (Phi) is 3.63. The topological polar surface area (TPSA) is 64.1 Å². The Labute approximate surface area is 128 Å². The lowest BCUT2D eigenvalue weighted by atomic mass is 10.2. The second kappa shape index (κ2) is 5.60. The number of aryl methyl sites for hydroxylation is 1. The normalized spacial score (nSPS) is 13.7. The number of hydrogen-bond donors (Lipinski definition) is 1. The van der Waals surface area contributed by atoms with E-state index in [2.05, 4.69) is 28.4 Å². The second-order valence-electron chi connectivity index (χ2n) is 5.46. The third-order valence-electron chi connectivity index (χ3n) is 3.51. The lowest BCUT2D eigenvalue weighted by Crippen LogP contribution is -2.24. The SMILES string of the molecule is C=C(NC(=O)c1cc2cc(C)ncc2cn1)OC(=C)C1CC1. The zero-order valence-electron chi connectivity index (χ0n) is 12.4. The Morgan fingerprint density at radius 1 is 1.23 bits per heavy atom. The average Bonchev–Trinajstić information content (AvgIpc) is 3.30. The molecule has 1 aliphatic carbocycles. The number of allylic oxidation sites excluding steroid dienone is 1. The lowest BCUT2D eigenvalue weighted by molar-refractivity contribution is 0.0933. The summed E-state index contributed by atoms with van der Waals surface area (Å²) in [6.07, 6.45) is 5.53. The predicted octanol–water partition coefficient (Wildman–Crippen LogP) is 3.08. The molecule has 1 amide bonds. The molecule has 2 heterocycles. The Hall–Kier alpha value is -2.69. The first-order valence-electron chi connectivity index (χ1n) is 7.12. The highest BCUT2D eigenvalue weighted by atomic mass is 16.5. The van der Waals surface area contributed by atoms with Gasteiger partial charge in [-0.15, -0.1) is 0 Å². The molecule has 0 saturated heterocycles. The van der Waals surface area contributed by atoms with Crippen LogP contribution in [0.3, 0.4) is 0 Å². The van der Waals surface area contributed by atoms with Crippen molar-refractivity contribution in [1.29, 1.82) is 0 Å². The van der Waals surface area contributed by atoms with Crippen LogP contribution >= 0.6 is 0 Å². The van der Waals surface area contributed by atoms with E-state index in [0.717, 1.165) is 29.3 Å². The maximum Gasteiger partial charge on any atom is 0.276 e. The van der Waals surface area contributed by atoms with Gasteiger partial charge in [0.2, 0.25) is 0 Å². The summed E-state index contributed by atoms with van der Waals surface area (Å²) >= 11 is 0. The number of carbonyl (C=O) groups excluding carboxylic acids is 1. The Bertz CT molecular complexity index is 779. The molecule has 2 aromatic heterocycles. The van der Waals surface area contributed by atoms with E-state index in [1.165, 1.54) is 0 Å². The van der Waals surface area contributed by atoms with E-state index < -0.39 is 0 Å². The number of pyridine rings is 2. The van der Waals surface area contributed by atoms with Crippen LogP contribution < -0.4 is 5.32 Å². The van der Waals surface area contributed by atoms with Crippen LogP contribution in [0.5, 0.6) is 0 Å². The Morgan fingerprint density at radius 3 is 2.68 bits per heavy atom. The molecule has 0 aliphatic heterocycles. The monoisotopic (exact) mass is 295 g/mol. The summed E-state index contributed by atoms with van der Waals surface area (Å²) in [4.78, 5) is 20.5. The van der Waals surface area contributed by atoms with Gasteiger partial charge in [-0.25, -0.2) is 0 Å². The van der Waals surface area contributed by atoms with Crippen LogP contribution in [-0.4, -0.2) is 15.9 Å². The molecule has 0 spiro atoms. The van der Waals surface area contributed by atoms with E-state index in [1.54, 1.807) is 18.5 Å². The van der Waals surface area contributed by atoms with Crippen LogP contribution in [0.25, 0.3) is 10.8 Å². The summed E-state index contributed by atoms with van der Waals surface area (Å²) < 4.78 is 5.41. The molecule has 5 nitrogen and oxygen atoms in total. The molecular formula is C17H17N3O2. The number of rotatable bonds is 5. The van der Waals surface area contributed by atoms with Gasteiger partial charge in [-0.3, -0.25) is 20.1 Å².